The Morgan fingerprint density at radius 1 is 0.978 bits per heavy atom. The van der Waals surface area contributed by atoms with Crippen molar-refractivity contribution in [3.63, 3.8) is 0 Å². The van der Waals surface area contributed by atoms with Crippen molar-refractivity contribution >= 4 is 34.0 Å². The summed E-state index contributed by atoms with van der Waals surface area (Å²) in [6.45, 7) is 2.98. The van der Waals surface area contributed by atoms with Crippen LogP contribution in [0.1, 0.15) is 31.2 Å². The molecule has 6 rings (SSSR count). The number of hydrogen-bond acceptors (Lipinski definition) is 8. The summed E-state index contributed by atoms with van der Waals surface area (Å²) < 4.78 is 64.5. The van der Waals surface area contributed by atoms with Gasteiger partial charge in [0, 0.05) is 63.1 Å². The molecule has 0 radical (unpaired) electrons. The zero-order chi connectivity index (χ0) is 31.2. The van der Waals surface area contributed by atoms with E-state index in [1.54, 1.807) is 24.3 Å². The number of likely N-dealkylation sites (tertiary alicyclic amines) is 1. The Bertz CT molecular complexity index is 1610. The molecule has 2 aliphatic rings. The SMILES string of the molecule is Fc1cccc(COc2ccc(Nc3ncnc4cc(OCCN5CCC(F)(F)CC5)cc(OC5CCOCC5)c34)cc2Cl)c1. The van der Waals surface area contributed by atoms with Crippen LogP contribution in [0.15, 0.2) is 60.9 Å². The molecule has 45 heavy (non-hydrogen) atoms. The van der Waals surface area contributed by atoms with Gasteiger partial charge in [-0.15, -0.1) is 0 Å². The van der Waals surface area contributed by atoms with E-state index in [0.717, 1.165) is 12.8 Å². The zero-order valence-corrected chi connectivity index (χ0v) is 25.4. The van der Waals surface area contributed by atoms with E-state index in [1.165, 1.54) is 18.5 Å². The highest BCUT2D eigenvalue weighted by atomic mass is 35.5. The van der Waals surface area contributed by atoms with Gasteiger partial charge < -0.3 is 24.3 Å². The molecule has 1 N–H and O–H groups in total. The first kappa shape index (κ1) is 31.2. The molecule has 2 aliphatic heterocycles. The molecule has 4 aromatic rings. The number of aromatic nitrogens is 2. The number of piperidine rings is 1. The van der Waals surface area contributed by atoms with Gasteiger partial charge in [-0.25, -0.2) is 23.1 Å². The smallest absolute Gasteiger partial charge is 0.250 e. The number of benzene rings is 3. The first-order valence-corrected chi connectivity index (χ1v) is 15.4. The predicted molar refractivity (Wildman–Crippen MR) is 166 cm³/mol. The van der Waals surface area contributed by atoms with Crippen molar-refractivity contribution in [1.29, 1.82) is 0 Å². The molecular formula is C33H34ClF3N4O4. The summed E-state index contributed by atoms with van der Waals surface area (Å²) in [5.74, 6) is -0.793. The van der Waals surface area contributed by atoms with Crippen LogP contribution in [0.5, 0.6) is 17.2 Å². The van der Waals surface area contributed by atoms with Gasteiger partial charge in [0.1, 0.15) is 54.5 Å². The minimum absolute atomic E-state index is 0.0516. The Balaban J connectivity index is 1.19. The minimum Gasteiger partial charge on any atom is -0.492 e. The molecule has 3 heterocycles. The maximum atomic E-state index is 13.5. The molecule has 0 amide bonds. The third kappa shape index (κ3) is 8.27. The van der Waals surface area contributed by atoms with Crippen LogP contribution in [-0.2, 0) is 11.3 Å². The second kappa shape index (κ2) is 14.1. The maximum Gasteiger partial charge on any atom is 0.250 e. The second-order valence-electron chi connectivity index (χ2n) is 11.2. The number of ether oxygens (including phenoxy) is 4. The van der Waals surface area contributed by atoms with E-state index in [-0.39, 0.29) is 31.4 Å². The summed E-state index contributed by atoms with van der Waals surface area (Å²) >= 11 is 6.55. The maximum absolute atomic E-state index is 13.5. The Kier molecular flexibility index (Phi) is 9.77. The number of alkyl halides is 2. The highest BCUT2D eigenvalue weighted by molar-refractivity contribution is 6.32. The van der Waals surface area contributed by atoms with E-state index in [2.05, 4.69) is 15.3 Å². The average Bonchev–Trinajstić information content (AvgIpc) is 3.02. The van der Waals surface area contributed by atoms with E-state index >= 15 is 0 Å². The van der Waals surface area contributed by atoms with Gasteiger partial charge in [-0.3, -0.25) is 4.90 Å². The summed E-state index contributed by atoms with van der Waals surface area (Å²) in [5.41, 5.74) is 1.98. The standard InChI is InChI=1S/C33H34ClF3N4O4/c34-27-17-24(4-5-29(27)44-20-22-2-1-3-23(35)16-22)40-32-31-28(38-21-39-32)18-26(19-30(31)45-25-6-13-42-14-7-25)43-15-12-41-10-8-33(36,37)9-11-41/h1-5,16-19,21,25H,6-15,20H2,(H,38,39,40). The quantitative estimate of drug-likeness (QED) is 0.181. The van der Waals surface area contributed by atoms with E-state index < -0.39 is 5.92 Å². The molecule has 238 valence electrons. The monoisotopic (exact) mass is 642 g/mol. The van der Waals surface area contributed by atoms with E-state index in [0.29, 0.717) is 89.7 Å². The molecule has 3 aromatic carbocycles. The Labute approximate surface area is 264 Å². The number of nitrogens with zero attached hydrogens (tertiary/aromatic N) is 3. The first-order valence-electron chi connectivity index (χ1n) is 15.0. The van der Waals surface area contributed by atoms with Crippen molar-refractivity contribution in [1.82, 2.24) is 14.9 Å². The number of nitrogens with one attached hydrogen (secondary N) is 1. The van der Waals surface area contributed by atoms with Crippen LogP contribution in [-0.4, -0.2) is 66.3 Å². The van der Waals surface area contributed by atoms with Gasteiger partial charge in [-0.1, -0.05) is 23.7 Å². The van der Waals surface area contributed by atoms with Crippen LogP contribution < -0.4 is 19.5 Å². The second-order valence-corrected chi connectivity index (χ2v) is 11.6. The van der Waals surface area contributed by atoms with Gasteiger partial charge in [-0.05, 0) is 35.9 Å². The van der Waals surface area contributed by atoms with Crippen molar-refractivity contribution < 1.29 is 32.1 Å². The summed E-state index contributed by atoms with van der Waals surface area (Å²) in [7, 11) is 0. The fraction of sp³-hybridized carbons (Fsp3) is 0.394. The third-order valence-electron chi connectivity index (χ3n) is 7.88. The minimum atomic E-state index is -2.58. The lowest BCUT2D eigenvalue weighted by atomic mass is 10.1. The molecule has 0 spiro atoms. The highest BCUT2D eigenvalue weighted by Crippen LogP contribution is 2.38. The molecule has 0 bridgehead atoms. The van der Waals surface area contributed by atoms with Crippen molar-refractivity contribution in [2.45, 2.75) is 44.3 Å². The third-order valence-corrected chi connectivity index (χ3v) is 8.17. The average molecular weight is 643 g/mol. The molecule has 2 saturated heterocycles. The van der Waals surface area contributed by atoms with Crippen LogP contribution in [0.2, 0.25) is 5.02 Å². The van der Waals surface area contributed by atoms with Gasteiger partial charge in [0.15, 0.2) is 0 Å². The van der Waals surface area contributed by atoms with Gasteiger partial charge >= 0.3 is 0 Å². The Hall–Kier alpha value is -3.80. The highest BCUT2D eigenvalue weighted by Gasteiger charge is 2.33. The largest absolute Gasteiger partial charge is 0.492 e. The molecule has 12 heteroatoms. The van der Waals surface area contributed by atoms with Crippen molar-refractivity contribution in [3.05, 3.63) is 77.3 Å². The van der Waals surface area contributed by atoms with Crippen LogP contribution in [0.25, 0.3) is 10.9 Å². The zero-order valence-electron chi connectivity index (χ0n) is 24.6. The van der Waals surface area contributed by atoms with Crippen molar-refractivity contribution in [2.75, 3.05) is 44.8 Å². The van der Waals surface area contributed by atoms with Gasteiger partial charge in [0.2, 0.25) is 0 Å². The lowest BCUT2D eigenvalue weighted by Crippen LogP contribution is -2.41. The fourth-order valence-corrected chi connectivity index (χ4v) is 5.63. The number of anilines is 2. The van der Waals surface area contributed by atoms with Crippen molar-refractivity contribution in [3.8, 4) is 17.2 Å². The normalized spacial score (nSPS) is 17.2. The van der Waals surface area contributed by atoms with Crippen molar-refractivity contribution in [2.24, 2.45) is 0 Å². The van der Waals surface area contributed by atoms with Crippen LogP contribution >= 0.6 is 11.6 Å². The van der Waals surface area contributed by atoms with E-state index in [9.17, 15) is 13.2 Å². The summed E-state index contributed by atoms with van der Waals surface area (Å²) in [4.78, 5) is 11.0. The van der Waals surface area contributed by atoms with Gasteiger partial charge in [0.25, 0.3) is 5.92 Å². The number of hydrogen-bond donors (Lipinski definition) is 1. The van der Waals surface area contributed by atoms with E-state index in [1.807, 2.05) is 23.1 Å². The molecule has 0 saturated carbocycles. The van der Waals surface area contributed by atoms with Crippen LogP contribution in [0.3, 0.4) is 0 Å². The van der Waals surface area contributed by atoms with Gasteiger partial charge in [-0.2, -0.15) is 0 Å². The molecule has 1 aromatic heterocycles. The van der Waals surface area contributed by atoms with Crippen LogP contribution in [0, 0.1) is 5.82 Å². The topological polar surface area (TPSA) is 78.0 Å². The summed E-state index contributed by atoms with van der Waals surface area (Å²) in [6, 6.07) is 15.1. The predicted octanol–water partition coefficient (Wildman–Crippen LogP) is 7.41. The fourth-order valence-electron chi connectivity index (χ4n) is 5.39. The van der Waals surface area contributed by atoms with Crippen LogP contribution in [0.4, 0.5) is 24.7 Å². The lowest BCUT2D eigenvalue weighted by Gasteiger charge is -2.31. The molecule has 0 atom stereocenters. The molecule has 2 fully saturated rings. The molecular weight excluding hydrogens is 609 g/mol. The number of halogens is 4. The summed E-state index contributed by atoms with van der Waals surface area (Å²) in [6.07, 6.45) is 2.64. The van der Waals surface area contributed by atoms with E-state index in [4.69, 9.17) is 30.5 Å². The number of fused-ring (bicyclic) bond motifs is 1. The Morgan fingerprint density at radius 3 is 2.58 bits per heavy atom. The van der Waals surface area contributed by atoms with Gasteiger partial charge in [0.05, 0.1) is 29.1 Å². The molecule has 0 unspecified atom stereocenters. The Morgan fingerprint density at radius 2 is 1.80 bits per heavy atom. The first-order chi connectivity index (χ1) is 21.8. The molecule has 8 nitrogen and oxygen atoms in total. The summed E-state index contributed by atoms with van der Waals surface area (Å²) in [5, 5.41) is 4.39. The molecule has 0 aliphatic carbocycles. The number of rotatable bonds is 11. The lowest BCUT2D eigenvalue weighted by molar-refractivity contribution is -0.0564.